The van der Waals surface area contributed by atoms with E-state index in [1.54, 1.807) is 4.90 Å². The molecule has 3 aliphatic heterocycles. The molecule has 7 nitrogen and oxygen atoms in total. The van der Waals surface area contributed by atoms with E-state index in [0.717, 1.165) is 53.9 Å². The van der Waals surface area contributed by atoms with Crippen molar-refractivity contribution >= 4 is 40.9 Å². The Hall–Kier alpha value is -3.23. The summed E-state index contributed by atoms with van der Waals surface area (Å²) in [5, 5.41) is 3.81. The Labute approximate surface area is 243 Å². The number of fused-ring (bicyclic) bond motifs is 1. The van der Waals surface area contributed by atoms with Crippen molar-refractivity contribution in [3.8, 4) is 0 Å². The van der Waals surface area contributed by atoms with Crippen molar-refractivity contribution in [3.63, 3.8) is 0 Å². The van der Waals surface area contributed by atoms with Crippen LogP contribution < -0.4 is 5.32 Å². The highest BCUT2D eigenvalue weighted by Crippen LogP contribution is 2.32. The molecule has 6 rings (SSSR count). The highest BCUT2D eigenvalue weighted by atomic mass is 35.5. The molecule has 1 unspecified atom stereocenters. The minimum atomic E-state index is -0.594. The van der Waals surface area contributed by atoms with E-state index in [2.05, 4.69) is 45.4 Å². The molecule has 3 aliphatic rings. The number of imide groups is 1. The van der Waals surface area contributed by atoms with E-state index >= 15 is 0 Å². The van der Waals surface area contributed by atoms with Crippen LogP contribution in [-0.2, 0) is 22.7 Å². The molecule has 9 heteroatoms. The number of halogens is 2. The molecule has 0 bridgehead atoms. The smallest absolute Gasteiger partial charge is 0.255 e. The van der Waals surface area contributed by atoms with Crippen LogP contribution in [0, 0.1) is 0 Å². The predicted octanol–water partition coefficient (Wildman–Crippen LogP) is 4.66. The summed E-state index contributed by atoms with van der Waals surface area (Å²) < 4.78 is 0. The number of piperidine rings is 1. The third-order valence-corrected chi connectivity index (χ3v) is 8.64. The number of nitrogens with zero attached hydrogens (tertiary/aromatic N) is 3. The van der Waals surface area contributed by atoms with Gasteiger partial charge in [0.2, 0.25) is 11.8 Å². The first-order valence-electron chi connectivity index (χ1n) is 13.6. The summed E-state index contributed by atoms with van der Waals surface area (Å²) in [6.45, 7) is 4.82. The number of amides is 3. The quantitative estimate of drug-likeness (QED) is 0.432. The average Bonchev–Trinajstić information content (AvgIpc) is 3.27. The number of benzene rings is 3. The summed E-state index contributed by atoms with van der Waals surface area (Å²) in [5.41, 5.74) is 5.13. The summed E-state index contributed by atoms with van der Waals surface area (Å²) in [7, 11) is 0. The van der Waals surface area contributed by atoms with Gasteiger partial charge in [-0.2, -0.15) is 0 Å². The first-order valence-corrected chi connectivity index (χ1v) is 14.3. The molecule has 206 valence electrons. The van der Waals surface area contributed by atoms with Crippen LogP contribution in [0.25, 0.3) is 0 Å². The maximum Gasteiger partial charge on any atom is 0.255 e. The fourth-order valence-electron chi connectivity index (χ4n) is 6.07. The number of piperazine rings is 1. The lowest BCUT2D eigenvalue weighted by atomic mass is 9.96. The van der Waals surface area contributed by atoms with Crippen molar-refractivity contribution < 1.29 is 14.4 Å². The van der Waals surface area contributed by atoms with Gasteiger partial charge < -0.3 is 4.90 Å². The third kappa shape index (κ3) is 5.52. The van der Waals surface area contributed by atoms with Crippen LogP contribution >= 0.6 is 23.2 Å². The molecule has 0 aliphatic carbocycles. The topological polar surface area (TPSA) is 73.0 Å². The molecule has 40 heavy (non-hydrogen) atoms. The Morgan fingerprint density at radius 2 is 1.45 bits per heavy atom. The molecule has 3 amide bonds. The lowest BCUT2D eigenvalue weighted by Crippen LogP contribution is -2.52. The van der Waals surface area contributed by atoms with Gasteiger partial charge in [0.1, 0.15) is 6.04 Å². The molecule has 3 aromatic carbocycles. The van der Waals surface area contributed by atoms with Crippen molar-refractivity contribution in [1.29, 1.82) is 0 Å². The normalized spacial score (nSPS) is 20.2. The average molecular weight is 578 g/mol. The van der Waals surface area contributed by atoms with Crippen LogP contribution in [0.2, 0.25) is 10.0 Å². The summed E-state index contributed by atoms with van der Waals surface area (Å²) in [5.74, 6) is -0.799. The number of nitrogens with one attached hydrogen (secondary N) is 1. The Morgan fingerprint density at radius 3 is 2.05 bits per heavy atom. The fourth-order valence-corrected chi connectivity index (χ4v) is 6.32. The maximum atomic E-state index is 13.0. The van der Waals surface area contributed by atoms with Gasteiger partial charge in [0.25, 0.3) is 5.91 Å². The second-order valence-corrected chi connectivity index (χ2v) is 11.6. The third-order valence-electron chi connectivity index (χ3n) is 8.14. The first kappa shape index (κ1) is 27.0. The monoisotopic (exact) mass is 576 g/mol. The first-order chi connectivity index (χ1) is 19.4. The Kier molecular flexibility index (Phi) is 7.64. The van der Waals surface area contributed by atoms with Crippen LogP contribution in [0.15, 0.2) is 66.7 Å². The molecule has 2 fully saturated rings. The van der Waals surface area contributed by atoms with Gasteiger partial charge in [-0.25, -0.2) is 0 Å². The van der Waals surface area contributed by atoms with Gasteiger partial charge in [0.05, 0.1) is 6.04 Å². The zero-order chi connectivity index (χ0) is 27.8. The molecule has 3 heterocycles. The van der Waals surface area contributed by atoms with Crippen molar-refractivity contribution in [1.82, 2.24) is 20.0 Å². The number of carbonyl (C=O) groups is 3. The largest absolute Gasteiger partial charge is 0.322 e. The van der Waals surface area contributed by atoms with Gasteiger partial charge in [-0.3, -0.25) is 29.5 Å². The zero-order valence-electron chi connectivity index (χ0n) is 22.0. The van der Waals surface area contributed by atoms with Crippen molar-refractivity contribution in [2.75, 3.05) is 26.2 Å². The van der Waals surface area contributed by atoms with E-state index in [-0.39, 0.29) is 30.2 Å². The number of hydrogen-bond acceptors (Lipinski definition) is 5. The lowest BCUT2D eigenvalue weighted by Gasteiger charge is -2.40. The lowest BCUT2D eigenvalue weighted by molar-refractivity contribution is -0.136. The maximum absolute atomic E-state index is 13.0. The molecule has 3 aromatic rings. The van der Waals surface area contributed by atoms with Gasteiger partial charge in [0.15, 0.2) is 0 Å². The molecule has 1 atom stereocenters. The van der Waals surface area contributed by atoms with Crippen molar-refractivity contribution in [2.45, 2.75) is 38.0 Å². The van der Waals surface area contributed by atoms with E-state index in [0.29, 0.717) is 18.5 Å². The molecule has 2 saturated heterocycles. The summed E-state index contributed by atoms with van der Waals surface area (Å²) in [6.07, 6.45) is 0.624. The number of hydrogen-bond donors (Lipinski definition) is 1. The van der Waals surface area contributed by atoms with E-state index in [4.69, 9.17) is 23.2 Å². The van der Waals surface area contributed by atoms with Crippen molar-refractivity contribution in [3.05, 3.63) is 105 Å². The van der Waals surface area contributed by atoms with Crippen LogP contribution in [0.3, 0.4) is 0 Å². The summed E-state index contributed by atoms with van der Waals surface area (Å²) in [6, 6.07) is 21.6. The van der Waals surface area contributed by atoms with Gasteiger partial charge in [-0.1, -0.05) is 59.6 Å². The Morgan fingerprint density at radius 1 is 0.825 bits per heavy atom. The molecule has 0 saturated carbocycles. The van der Waals surface area contributed by atoms with E-state index in [1.165, 1.54) is 11.1 Å². The summed E-state index contributed by atoms with van der Waals surface area (Å²) >= 11 is 12.4. The second kappa shape index (κ2) is 11.3. The van der Waals surface area contributed by atoms with Crippen LogP contribution in [0.4, 0.5) is 0 Å². The highest BCUT2D eigenvalue weighted by Gasteiger charge is 2.39. The van der Waals surface area contributed by atoms with Crippen LogP contribution in [0.1, 0.15) is 51.5 Å². The van der Waals surface area contributed by atoms with Gasteiger partial charge in [-0.15, -0.1) is 0 Å². The Bertz CT molecular complexity index is 1390. The van der Waals surface area contributed by atoms with Gasteiger partial charge in [0, 0.05) is 61.3 Å². The minimum absolute atomic E-state index is 0.112. The molecule has 0 radical (unpaired) electrons. The molecular formula is C31H30Cl2N4O3. The van der Waals surface area contributed by atoms with E-state index in [1.807, 2.05) is 36.4 Å². The standard InChI is InChI=1S/C31H30Cl2N4O3/c32-24-6-2-21(3-7-24)29(22-4-8-25(33)9-5-22)36-15-13-35(14-16-36)18-20-1-10-26-23(17-20)19-37(31(26)40)27-11-12-28(38)34-30(27)39/h1-10,17,27,29H,11-16,18-19H2,(H,34,38,39). The van der Waals surface area contributed by atoms with Gasteiger partial charge in [-0.05, 0) is 59.0 Å². The molecular weight excluding hydrogens is 547 g/mol. The fraction of sp³-hybridized carbons (Fsp3) is 0.323. The Balaban J connectivity index is 1.12. The molecule has 0 spiro atoms. The predicted molar refractivity (Wildman–Crippen MR) is 154 cm³/mol. The zero-order valence-corrected chi connectivity index (χ0v) is 23.5. The van der Waals surface area contributed by atoms with Crippen molar-refractivity contribution in [2.24, 2.45) is 0 Å². The van der Waals surface area contributed by atoms with E-state index in [9.17, 15) is 14.4 Å². The minimum Gasteiger partial charge on any atom is -0.322 e. The SMILES string of the molecule is O=C1CCC(N2Cc3cc(CN4CCN(C(c5ccc(Cl)cc5)c5ccc(Cl)cc5)CC4)ccc3C2=O)C(=O)N1. The summed E-state index contributed by atoms with van der Waals surface area (Å²) in [4.78, 5) is 43.5. The second-order valence-electron chi connectivity index (χ2n) is 10.7. The molecule has 1 N–H and O–H groups in total. The van der Waals surface area contributed by atoms with Crippen LogP contribution in [0.5, 0.6) is 0 Å². The highest BCUT2D eigenvalue weighted by molar-refractivity contribution is 6.30. The van der Waals surface area contributed by atoms with E-state index < -0.39 is 6.04 Å². The van der Waals surface area contributed by atoms with Crippen LogP contribution in [-0.4, -0.2) is 64.6 Å². The number of carbonyl (C=O) groups excluding carboxylic acids is 3. The molecule has 0 aromatic heterocycles. The number of rotatable bonds is 6. The van der Waals surface area contributed by atoms with Gasteiger partial charge >= 0.3 is 0 Å².